The topological polar surface area (TPSA) is 55.4 Å². The molecule has 0 spiro atoms. The Morgan fingerprint density at radius 1 is 0.893 bits per heavy atom. The van der Waals surface area contributed by atoms with Crippen LogP contribution < -0.4 is 10.1 Å². The first-order valence-electron chi connectivity index (χ1n) is 10.1. The molecule has 1 N–H and O–H groups in total. The van der Waals surface area contributed by atoms with Crippen molar-refractivity contribution in [3.63, 3.8) is 0 Å². The van der Waals surface area contributed by atoms with Crippen LogP contribution in [0.5, 0.6) is 5.75 Å². The molecule has 0 bridgehead atoms. The van der Waals surface area contributed by atoms with Crippen LogP contribution in [0.2, 0.25) is 0 Å². The third kappa shape index (κ3) is 7.18. The molecule has 4 heteroatoms. The number of aryl methyl sites for hydroxylation is 2. The van der Waals surface area contributed by atoms with Gasteiger partial charge in [0.25, 0.3) is 0 Å². The Bertz CT molecular complexity index is 781. The molecular formula is C24H31NO3. The molecule has 0 aromatic heterocycles. The number of ether oxygens (including phenoxy) is 1. The Morgan fingerprint density at radius 2 is 1.64 bits per heavy atom. The fourth-order valence-corrected chi connectivity index (χ4v) is 2.86. The number of carbonyl (C=O) groups is 2. The largest absolute Gasteiger partial charge is 0.494 e. The predicted molar refractivity (Wildman–Crippen MR) is 114 cm³/mol. The highest BCUT2D eigenvalue weighted by Gasteiger charge is 2.10. The molecule has 1 amide bonds. The second-order valence-electron chi connectivity index (χ2n) is 7.20. The van der Waals surface area contributed by atoms with E-state index in [0.29, 0.717) is 17.9 Å². The van der Waals surface area contributed by atoms with Gasteiger partial charge in [0.1, 0.15) is 5.75 Å². The van der Waals surface area contributed by atoms with Crippen molar-refractivity contribution in [3.05, 3.63) is 59.2 Å². The van der Waals surface area contributed by atoms with Gasteiger partial charge in [0, 0.05) is 24.1 Å². The summed E-state index contributed by atoms with van der Waals surface area (Å²) in [5.74, 6) is 0.634. The minimum absolute atomic E-state index is 0.00919. The van der Waals surface area contributed by atoms with Crippen LogP contribution in [-0.4, -0.2) is 18.3 Å². The van der Waals surface area contributed by atoms with E-state index in [4.69, 9.17) is 4.74 Å². The third-order valence-electron chi connectivity index (χ3n) is 4.81. The maximum atomic E-state index is 12.3. The first kappa shape index (κ1) is 21.7. The van der Waals surface area contributed by atoms with Crippen molar-refractivity contribution in [2.24, 2.45) is 0 Å². The van der Waals surface area contributed by atoms with Gasteiger partial charge in [-0.2, -0.15) is 0 Å². The number of unbranched alkanes of at least 4 members (excludes halogenated alkanes) is 3. The van der Waals surface area contributed by atoms with E-state index in [1.807, 2.05) is 56.3 Å². The molecular weight excluding hydrogens is 350 g/mol. The van der Waals surface area contributed by atoms with E-state index in [9.17, 15) is 9.59 Å². The van der Waals surface area contributed by atoms with Crippen LogP contribution >= 0.6 is 0 Å². The lowest BCUT2D eigenvalue weighted by Gasteiger charge is -2.09. The van der Waals surface area contributed by atoms with Crippen LogP contribution in [0.4, 0.5) is 5.69 Å². The number of benzene rings is 2. The second-order valence-corrected chi connectivity index (χ2v) is 7.20. The van der Waals surface area contributed by atoms with Gasteiger partial charge in [0.15, 0.2) is 5.78 Å². The van der Waals surface area contributed by atoms with Crippen molar-refractivity contribution in [2.45, 2.75) is 59.3 Å². The smallest absolute Gasteiger partial charge is 0.224 e. The number of carbonyl (C=O) groups excluding carboxylic acids is 2. The van der Waals surface area contributed by atoms with Gasteiger partial charge in [-0.3, -0.25) is 9.59 Å². The first-order chi connectivity index (χ1) is 13.5. The number of hydrogen-bond acceptors (Lipinski definition) is 3. The minimum Gasteiger partial charge on any atom is -0.494 e. The lowest BCUT2D eigenvalue weighted by Crippen LogP contribution is -2.13. The molecule has 0 atom stereocenters. The Balaban J connectivity index is 1.74. The zero-order valence-corrected chi connectivity index (χ0v) is 17.2. The van der Waals surface area contributed by atoms with Crippen LogP contribution in [0.3, 0.4) is 0 Å². The Labute approximate surface area is 168 Å². The van der Waals surface area contributed by atoms with E-state index < -0.39 is 0 Å². The van der Waals surface area contributed by atoms with Crippen LogP contribution in [0.25, 0.3) is 0 Å². The van der Waals surface area contributed by atoms with Gasteiger partial charge in [0.05, 0.1) is 6.61 Å². The zero-order valence-electron chi connectivity index (χ0n) is 17.2. The van der Waals surface area contributed by atoms with Crippen LogP contribution in [0.1, 0.15) is 66.9 Å². The summed E-state index contributed by atoms with van der Waals surface area (Å²) in [6.45, 7) is 6.90. The molecule has 2 aromatic carbocycles. The van der Waals surface area contributed by atoms with Gasteiger partial charge in [-0.25, -0.2) is 0 Å². The summed E-state index contributed by atoms with van der Waals surface area (Å²) in [5.41, 5.74) is 3.61. The summed E-state index contributed by atoms with van der Waals surface area (Å²) in [5, 5.41) is 2.83. The second kappa shape index (κ2) is 11.3. The van der Waals surface area contributed by atoms with Crippen molar-refractivity contribution in [1.29, 1.82) is 0 Å². The highest BCUT2D eigenvalue weighted by Crippen LogP contribution is 2.17. The van der Waals surface area contributed by atoms with Crippen LogP contribution in [-0.2, 0) is 4.79 Å². The van der Waals surface area contributed by atoms with Gasteiger partial charge >= 0.3 is 0 Å². The van der Waals surface area contributed by atoms with Crippen molar-refractivity contribution in [1.82, 2.24) is 0 Å². The highest BCUT2D eigenvalue weighted by atomic mass is 16.5. The quantitative estimate of drug-likeness (QED) is 0.391. The summed E-state index contributed by atoms with van der Waals surface area (Å²) in [7, 11) is 0. The Morgan fingerprint density at radius 3 is 2.32 bits per heavy atom. The number of anilines is 1. The molecule has 2 rings (SSSR count). The molecule has 0 aliphatic heterocycles. The number of ketones is 1. The van der Waals surface area contributed by atoms with Crippen LogP contribution in [0.15, 0.2) is 42.5 Å². The standard InChI is InChI=1S/C24H31NO3/c1-4-5-6-7-16-28-22-12-10-21(11-13-22)25-24(27)15-14-23(26)20-9-8-18(2)19(3)17-20/h8-13,17H,4-7,14-16H2,1-3H3,(H,25,27). The third-order valence-corrected chi connectivity index (χ3v) is 4.81. The molecule has 28 heavy (non-hydrogen) atoms. The van der Waals surface area contributed by atoms with Crippen LogP contribution in [0, 0.1) is 13.8 Å². The van der Waals surface area contributed by atoms with Crippen molar-refractivity contribution >= 4 is 17.4 Å². The Hall–Kier alpha value is -2.62. The average molecular weight is 382 g/mol. The summed E-state index contributed by atoms with van der Waals surface area (Å²) < 4.78 is 5.70. The van der Waals surface area contributed by atoms with Gasteiger partial charge in [-0.15, -0.1) is 0 Å². The molecule has 0 heterocycles. The molecule has 2 aromatic rings. The molecule has 0 fully saturated rings. The van der Waals surface area contributed by atoms with E-state index in [1.165, 1.54) is 19.3 Å². The lowest BCUT2D eigenvalue weighted by atomic mass is 10.0. The van der Waals surface area contributed by atoms with Gasteiger partial charge in [0.2, 0.25) is 5.91 Å². The van der Waals surface area contributed by atoms with Gasteiger partial charge in [-0.1, -0.05) is 38.3 Å². The number of amides is 1. The molecule has 150 valence electrons. The average Bonchev–Trinajstić information content (AvgIpc) is 2.69. The van der Waals surface area contributed by atoms with Crippen molar-refractivity contribution in [3.8, 4) is 5.75 Å². The van der Waals surface area contributed by atoms with E-state index >= 15 is 0 Å². The maximum Gasteiger partial charge on any atom is 0.224 e. The SMILES string of the molecule is CCCCCCOc1ccc(NC(=O)CCC(=O)c2ccc(C)c(C)c2)cc1. The van der Waals surface area contributed by atoms with E-state index in [2.05, 4.69) is 12.2 Å². The first-order valence-corrected chi connectivity index (χ1v) is 10.1. The summed E-state index contributed by atoms with van der Waals surface area (Å²) >= 11 is 0. The molecule has 0 aliphatic rings. The molecule has 0 aliphatic carbocycles. The number of hydrogen-bond donors (Lipinski definition) is 1. The lowest BCUT2D eigenvalue weighted by molar-refractivity contribution is -0.116. The molecule has 0 radical (unpaired) electrons. The summed E-state index contributed by atoms with van der Waals surface area (Å²) in [4.78, 5) is 24.4. The minimum atomic E-state index is -0.162. The maximum absolute atomic E-state index is 12.3. The van der Waals surface area contributed by atoms with E-state index in [0.717, 1.165) is 23.3 Å². The number of rotatable bonds is 11. The number of Topliss-reactive ketones (excluding diaryl/α,β-unsaturated/α-hetero) is 1. The molecule has 0 unspecified atom stereocenters. The monoisotopic (exact) mass is 381 g/mol. The van der Waals surface area contributed by atoms with Crippen molar-refractivity contribution in [2.75, 3.05) is 11.9 Å². The fraction of sp³-hybridized carbons (Fsp3) is 0.417. The fourth-order valence-electron chi connectivity index (χ4n) is 2.86. The van der Waals surface area contributed by atoms with Gasteiger partial charge in [-0.05, 0) is 61.7 Å². The van der Waals surface area contributed by atoms with Crippen molar-refractivity contribution < 1.29 is 14.3 Å². The normalized spacial score (nSPS) is 10.5. The molecule has 4 nitrogen and oxygen atoms in total. The predicted octanol–water partition coefficient (Wildman–Crippen LogP) is 5.86. The van der Waals surface area contributed by atoms with E-state index in [-0.39, 0.29) is 24.5 Å². The zero-order chi connectivity index (χ0) is 20.4. The Kier molecular flexibility index (Phi) is 8.73. The van der Waals surface area contributed by atoms with Gasteiger partial charge < -0.3 is 10.1 Å². The van der Waals surface area contributed by atoms with E-state index in [1.54, 1.807) is 0 Å². The molecule has 0 saturated heterocycles. The number of nitrogens with one attached hydrogen (secondary N) is 1. The molecule has 0 saturated carbocycles. The summed E-state index contributed by atoms with van der Waals surface area (Å²) in [6.07, 6.45) is 5.06. The highest BCUT2D eigenvalue weighted by molar-refractivity contribution is 6.00. The summed E-state index contributed by atoms with van der Waals surface area (Å²) in [6, 6.07) is 13.0.